The van der Waals surface area contributed by atoms with Crippen LogP contribution in [0.25, 0.3) is 6.08 Å². The van der Waals surface area contributed by atoms with Crippen molar-refractivity contribution >= 4 is 15.9 Å². The molecule has 1 aliphatic rings. The lowest BCUT2D eigenvalue weighted by atomic mass is 10.1. The van der Waals surface area contributed by atoms with Crippen LogP contribution in [0.4, 0.5) is 0 Å². The summed E-state index contributed by atoms with van der Waals surface area (Å²) in [6.07, 6.45) is 1.73. The molecule has 1 aromatic carbocycles. The summed E-state index contributed by atoms with van der Waals surface area (Å²) in [7, 11) is -2.86. The van der Waals surface area contributed by atoms with Gasteiger partial charge in [0.1, 0.15) is 0 Å². The predicted octanol–water partition coefficient (Wildman–Crippen LogP) is 1.76. The Balaban J connectivity index is 2.53. The van der Waals surface area contributed by atoms with Gasteiger partial charge in [-0.05, 0) is 16.7 Å². The Kier molecular flexibility index (Phi) is 1.77. The number of sulfone groups is 1. The van der Waals surface area contributed by atoms with Crippen molar-refractivity contribution in [2.45, 2.75) is 11.5 Å². The Morgan fingerprint density at radius 2 is 1.92 bits per heavy atom. The van der Waals surface area contributed by atoms with E-state index in [-0.39, 0.29) is 11.5 Å². The number of rotatable bonds is 1. The lowest BCUT2D eigenvalue weighted by Gasteiger charge is -1.97. The van der Waals surface area contributed by atoms with Gasteiger partial charge in [0.25, 0.3) is 0 Å². The van der Waals surface area contributed by atoms with E-state index in [1.807, 2.05) is 18.2 Å². The van der Waals surface area contributed by atoms with E-state index in [9.17, 15) is 8.42 Å². The molecule has 0 aliphatic carbocycles. The third-order valence-electron chi connectivity index (χ3n) is 2.22. The molecule has 1 heterocycles. The van der Waals surface area contributed by atoms with E-state index in [0.717, 1.165) is 16.7 Å². The highest BCUT2D eigenvalue weighted by molar-refractivity contribution is 7.90. The molecule has 3 heteroatoms. The molecule has 0 radical (unpaired) electrons. The van der Waals surface area contributed by atoms with Gasteiger partial charge in [0.2, 0.25) is 0 Å². The molecule has 0 aromatic heterocycles. The zero-order valence-corrected chi connectivity index (χ0v) is 7.97. The summed E-state index contributed by atoms with van der Waals surface area (Å²) < 4.78 is 22.5. The molecule has 0 spiro atoms. The highest BCUT2D eigenvalue weighted by atomic mass is 32.2. The van der Waals surface area contributed by atoms with E-state index < -0.39 is 9.84 Å². The molecule has 1 aromatic rings. The van der Waals surface area contributed by atoms with Crippen LogP contribution in [0.2, 0.25) is 0 Å². The summed E-state index contributed by atoms with van der Waals surface area (Å²) in [5.41, 5.74) is 2.85. The van der Waals surface area contributed by atoms with Crippen LogP contribution in [0.1, 0.15) is 16.7 Å². The molecule has 2 rings (SSSR count). The molecule has 0 atom stereocenters. The maximum Gasteiger partial charge on any atom is 0.158 e. The zero-order valence-electron chi connectivity index (χ0n) is 7.16. The fourth-order valence-electron chi connectivity index (χ4n) is 1.57. The third-order valence-corrected chi connectivity index (χ3v) is 3.72. The van der Waals surface area contributed by atoms with Crippen LogP contribution >= 0.6 is 0 Å². The Hall–Kier alpha value is -1.09. The average molecular weight is 194 g/mol. The van der Waals surface area contributed by atoms with Crippen molar-refractivity contribution in [3.05, 3.63) is 41.5 Å². The van der Waals surface area contributed by atoms with Crippen molar-refractivity contribution < 1.29 is 8.42 Å². The lowest BCUT2D eigenvalue weighted by Crippen LogP contribution is -1.95. The standard InChI is InChI=1S/C10H10O2S/c1-2-8-3-4-9-6-13(11,12)7-10(9)5-8/h2-5H,1,6-7H2. The first-order valence-electron chi connectivity index (χ1n) is 4.05. The molecule has 13 heavy (non-hydrogen) atoms. The van der Waals surface area contributed by atoms with Crippen molar-refractivity contribution in [1.29, 1.82) is 0 Å². The Bertz CT molecular complexity index is 458. The van der Waals surface area contributed by atoms with Gasteiger partial charge in [-0.1, -0.05) is 30.9 Å². The van der Waals surface area contributed by atoms with Crippen LogP contribution in [-0.2, 0) is 21.3 Å². The minimum Gasteiger partial charge on any atom is -0.228 e. The first kappa shape index (κ1) is 8.51. The Labute approximate surface area is 77.8 Å². The molecular weight excluding hydrogens is 184 g/mol. The van der Waals surface area contributed by atoms with Gasteiger partial charge in [-0.15, -0.1) is 0 Å². The smallest absolute Gasteiger partial charge is 0.158 e. The van der Waals surface area contributed by atoms with Gasteiger partial charge in [-0.2, -0.15) is 0 Å². The molecule has 0 bridgehead atoms. The van der Waals surface area contributed by atoms with Crippen LogP contribution in [0.5, 0.6) is 0 Å². The van der Waals surface area contributed by atoms with Gasteiger partial charge >= 0.3 is 0 Å². The van der Waals surface area contributed by atoms with E-state index in [1.54, 1.807) is 6.08 Å². The average Bonchev–Trinajstić information content (AvgIpc) is 2.36. The van der Waals surface area contributed by atoms with Crippen molar-refractivity contribution in [2.24, 2.45) is 0 Å². The fourth-order valence-corrected chi connectivity index (χ4v) is 3.17. The van der Waals surface area contributed by atoms with Crippen LogP contribution < -0.4 is 0 Å². The van der Waals surface area contributed by atoms with Gasteiger partial charge in [-0.25, -0.2) is 8.42 Å². The molecule has 0 N–H and O–H groups in total. The summed E-state index contributed by atoms with van der Waals surface area (Å²) in [5, 5.41) is 0. The van der Waals surface area contributed by atoms with Gasteiger partial charge in [-0.3, -0.25) is 0 Å². The van der Waals surface area contributed by atoms with E-state index in [2.05, 4.69) is 6.58 Å². The molecule has 2 nitrogen and oxygen atoms in total. The van der Waals surface area contributed by atoms with Crippen LogP contribution in [0.15, 0.2) is 24.8 Å². The van der Waals surface area contributed by atoms with Crippen molar-refractivity contribution in [1.82, 2.24) is 0 Å². The minimum absolute atomic E-state index is 0.185. The quantitative estimate of drug-likeness (QED) is 0.682. The summed E-state index contributed by atoms with van der Waals surface area (Å²) in [5.74, 6) is 0.379. The van der Waals surface area contributed by atoms with Crippen LogP contribution in [0, 0.1) is 0 Å². The molecule has 1 aliphatic heterocycles. The summed E-state index contributed by atoms with van der Waals surface area (Å²) in [6, 6.07) is 5.66. The van der Waals surface area contributed by atoms with E-state index in [0.29, 0.717) is 0 Å². The van der Waals surface area contributed by atoms with Gasteiger partial charge < -0.3 is 0 Å². The summed E-state index contributed by atoms with van der Waals surface area (Å²) in [4.78, 5) is 0. The number of hydrogen-bond donors (Lipinski definition) is 0. The van der Waals surface area contributed by atoms with E-state index in [4.69, 9.17) is 0 Å². The molecule has 0 saturated heterocycles. The lowest BCUT2D eigenvalue weighted by molar-refractivity contribution is 0.598. The fraction of sp³-hybridized carbons (Fsp3) is 0.200. The zero-order chi connectivity index (χ0) is 9.47. The molecule has 0 unspecified atom stereocenters. The number of hydrogen-bond acceptors (Lipinski definition) is 2. The van der Waals surface area contributed by atoms with Crippen molar-refractivity contribution in [2.75, 3.05) is 0 Å². The van der Waals surface area contributed by atoms with Gasteiger partial charge in [0.15, 0.2) is 9.84 Å². The second kappa shape index (κ2) is 2.70. The monoisotopic (exact) mass is 194 g/mol. The first-order chi connectivity index (χ1) is 6.11. The second-order valence-electron chi connectivity index (χ2n) is 3.26. The normalized spacial score (nSPS) is 18.2. The van der Waals surface area contributed by atoms with Gasteiger partial charge in [0.05, 0.1) is 11.5 Å². The third kappa shape index (κ3) is 1.52. The Morgan fingerprint density at radius 1 is 1.23 bits per heavy atom. The highest BCUT2D eigenvalue weighted by Crippen LogP contribution is 2.25. The largest absolute Gasteiger partial charge is 0.228 e. The SMILES string of the molecule is C=Cc1ccc2c(c1)CS(=O)(=O)C2. The highest BCUT2D eigenvalue weighted by Gasteiger charge is 2.23. The molecule has 68 valence electrons. The maximum absolute atomic E-state index is 11.3. The minimum atomic E-state index is -2.86. The van der Waals surface area contributed by atoms with Gasteiger partial charge in [0, 0.05) is 0 Å². The Morgan fingerprint density at radius 3 is 2.62 bits per heavy atom. The molecular formula is C10H10O2S. The second-order valence-corrected chi connectivity index (χ2v) is 5.33. The number of benzene rings is 1. The number of fused-ring (bicyclic) bond motifs is 1. The van der Waals surface area contributed by atoms with Crippen molar-refractivity contribution in [3.63, 3.8) is 0 Å². The molecule has 0 fully saturated rings. The molecule has 0 amide bonds. The van der Waals surface area contributed by atoms with E-state index >= 15 is 0 Å². The summed E-state index contributed by atoms with van der Waals surface area (Å²) in [6.45, 7) is 3.64. The predicted molar refractivity (Wildman–Crippen MR) is 52.9 cm³/mol. The maximum atomic E-state index is 11.3. The van der Waals surface area contributed by atoms with Crippen LogP contribution in [-0.4, -0.2) is 8.42 Å². The van der Waals surface area contributed by atoms with Crippen molar-refractivity contribution in [3.8, 4) is 0 Å². The van der Waals surface area contributed by atoms with Crippen LogP contribution in [0.3, 0.4) is 0 Å². The molecule has 0 saturated carbocycles. The topological polar surface area (TPSA) is 34.1 Å². The summed E-state index contributed by atoms with van der Waals surface area (Å²) >= 11 is 0. The first-order valence-corrected chi connectivity index (χ1v) is 5.87. The van der Waals surface area contributed by atoms with E-state index in [1.165, 1.54) is 0 Å².